The van der Waals surface area contributed by atoms with Gasteiger partial charge in [0.2, 0.25) is 17.7 Å². The van der Waals surface area contributed by atoms with Gasteiger partial charge in [-0.3, -0.25) is 14.4 Å². The topological polar surface area (TPSA) is 108 Å². The fourth-order valence-electron chi connectivity index (χ4n) is 1.68. The first-order valence-corrected chi connectivity index (χ1v) is 6.79. The maximum absolute atomic E-state index is 12.1. The average molecular weight is 347 g/mol. The van der Waals surface area contributed by atoms with Gasteiger partial charge in [-0.15, -0.1) is 0 Å². The number of nitrogens with one attached hydrogen (secondary N) is 3. The highest BCUT2D eigenvalue weighted by Crippen LogP contribution is 2.13. The first-order chi connectivity index (χ1) is 11.2. The molecular weight excluding hydrogens is 331 g/mol. The Balaban J connectivity index is 2.65. The monoisotopic (exact) mass is 347 g/mol. The third kappa shape index (κ3) is 7.09. The van der Waals surface area contributed by atoms with Crippen molar-refractivity contribution in [1.29, 1.82) is 0 Å². The Hall–Kier alpha value is -2.62. The molecule has 132 valence electrons. The standard InChI is InChI=1S/C14H16F3N3O4/c15-14(16,17)8-19-10(22)6-18-13(24)12(20-11(23)7-21)9-4-2-1-3-5-9/h1-5,12,21H,6-8H2,(H,18,24)(H,19,22)(H,20,23)/t12-/m1/s1. The van der Waals surface area contributed by atoms with Crippen LogP contribution in [0.3, 0.4) is 0 Å². The predicted molar refractivity (Wildman–Crippen MR) is 76.5 cm³/mol. The molecule has 0 aliphatic carbocycles. The lowest BCUT2D eigenvalue weighted by Crippen LogP contribution is -2.45. The van der Waals surface area contributed by atoms with E-state index in [1.165, 1.54) is 12.1 Å². The van der Waals surface area contributed by atoms with Crippen LogP contribution in [0.15, 0.2) is 30.3 Å². The Kier molecular flexibility index (Phi) is 7.18. The van der Waals surface area contributed by atoms with Crippen molar-refractivity contribution in [1.82, 2.24) is 16.0 Å². The van der Waals surface area contributed by atoms with Gasteiger partial charge in [0.05, 0.1) is 6.54 Å². The normalized spacial score (nSPS) is 12.2. The molecule has 0 bridgehead atoms. The van der Waals surface area contributed by atoms with E-state index in [4.69, 9.17) is 5.11 Å². The van der Waals surface area contributed by atoms with Crippen LogP contribution in [0.1, 0.15) is 11.6 Å². The molecule has 0 saturated heterocycles. The molecule has 0 aliphatic rings. The van der Waals surface area contributed by atoms with E-state index in [1.807, 2.05) is 0 Å². The SMILES string of the molecule is O=C(CNC(=O)[C@H](NC(=O)CO)c1ccccc1)NCC(F)(F)F. The van der Waals surface area contributed by atoms with Gasteiger partial charge in [0.1, 0.15) is 19.2 Å². The summed E-state index contributed by atoms with van der Waals surface area (Å²) >= 11 is 0. The number of carbonyl (C=O) groups is 3. The van der Waals surface area contributed by atoms with Crippen molar-refractivity contribution in [2.24, 2.45) is 0 Å². The molecule has 0 fully saturated rings. The molecular formula is C14H16F3N3O4. The summed E-state index contributed by atoms with van der Waals surface area (Å²) in [6, 6.07) is 6.77. The van der Waals surface area contributed by atoms with Crippen LogP contribution in [0.5, 0.6) is 0 Å². The minimum absolute atomic E-state index is 0.382. The van der Waals surface area contributed by atoms with Crippen LogP contribution in [0, 0.1) is 0 Å². The minimum Gasteiger partial charge on any atom is -0.387 e. The molecule has 0 radical (unpaired) electrons. The zero-order valence-corrected chi connectivity index (χ0v) is 12.4. The van der Waals surface area contributed by atoms with Gasteiger partial charge in [-0.2, -0.15) is 13.2 Å². The summed E-state index contributed by atoms with van der Waals surface area (Å²) in [6.07, 6.45) is -4.55. The number of alkyl halides is 3. The lowest BCUT2D eigenvalue weighted by Gasteiger charge is -2.18. The molecule has 10 heteroatoms. The van der Waals surface area contributed by atoms with E-state index in [-0.39, 0.29) is 0 Å². The summed E-state index contributed by atoms with van der Waals surface area (Å²) in [5, 5.41) is 14.7. The van der Waals surface area contributed by atoms with Crippen molar-refractivity contribution in [3.63, 3.8) is 0 Å². The molecule has 4 N–H and O–H groups in total. The molecule has 1 aromatic carbocycles. The quantitative estimate of drug-likeness (QED) is 0.540. The molecule has 0 spiro atoms. The van der Waals surface area contributed by atoms with Gasteiger partial charge in [-0.25, -0.2) is 0 Å². The van der Waals surface area contributed by atoms with Crippen LogP contribution in [0.25, 0.3) is 0 Å². The second-order valence-corrected chi connectivity index (χ2v) is 4.68. The van der Waals surface area contributed by atoms with Gasteiger partial charge in [0.15, 0.2) is 0 Å². The van der Waals surface area contributed by atoms with Crippen LogP contribution in [0.2, 0.25) is 0 Å². The molecule has 0 heterocycles. The lowest BCUT2D eigenvalue weighted by atomic mass is 10.1. The summed E-state index contributed by atoms with van der Waals surface area (Å²) < 4.78 is 35.9. The number of amides is 3. The van der Waals surface area contributed by atoms with Crippen molar-refractivity contribution >= 4 is 17.7 Å². The molecule has 1 atom stereocenters. The maximum atomic E-state index is 12.1. The van der Waals surface area contributed by atoms with E-state index in [0.717, 1.165) is 0 Å². The zero-order valence-electron chi connectivity index (χ0n) is 12.4. The Labute approximate surface area is 135 Å². The highest BCUT2D eigenvalue weighted by molar-refractivity contribution is 5.91. The van der Waals surface area contributed by atoms with E-state index in [0.29, 0.717) is 5.56 Å². The molecule has 3 amide bonds. The van der Waals surface area contributed by atoms with E-state index >= 15 is 0 Å². The number of rotatable bonds is 7. The van der Waals surface area contributed by atoms with Crippen molar-refractivity contribution in [3.8, 4) is 0 Å². The molecule has 0 aliphatic heterocycles. The minimum atomic E-state index is -4.55. The molecule has 24 heavy (non-hydrogen) atoms. The highest BCUT2D eigenvalue weighted by Gasteiger charge is 2.28. The first-order valence-electron chi connectivity index (χ1n) is 6.79. The van der Waals surface area contributed by atoms with Gasteiger partial charge in [-0.1, -0.05) is 30.3 Å². The summed E-state index contributed by atoms with van der Waals surface area (Å²) in [4.78, 5) is 34.7. The number of hydrogen-bond acceptors (Lipinski definition) is 4. The van der Waals surface area contributed by atoms with Crippen molar-refractivity contribution in [2.75, 3.05) is 19.7 Å². The molecule has 0 aromatic heterocycles. The van der Waals surface area contributed by atoms with Gasteiger partial charge in [0, 0.05) is 0 Å². The number of aliphatic hydroxyl groups is 1. The second-order valence-electron chi connectivity index (χ2n) is 4.68. The number of halogens is 3. The Morgan fingerprint density at radius 2 is 1.67 bits per heavy atom. The van der Waals surface area contributed by atoms with Gasteiger partial charge in [0.25, 0.3) is 0 Å². The lowest BCUT2D eigenvalue weighted by molar-refractivity contribution is -0.138. The van der Waals surface area contributed by atoms with E-state index in [1.54, 1.807) is 23.5 Å². The molecule has 1 rings (SSSR count). The third-order valence-electron chi connectivity index (χ3n) is 2.75. The Morgan fingerprint density at radius 3 is 2.21 bits per heavy atom. The van der Waals surface area contributed by atoms with Crippen molar-refractivity contribution < 1.29 is 32.7 Å². The summed E-state index contributed by atoms with van der Waals surface area (Å²) in [5.74, 6) is -2.65. The molecule has 1 aromatic rings. The number of benzene rings is 1. The fourth-order valence-corrected chi connectivity index (χ4v) is 1.68. The predicted octanol–water partition coefficient (Wildman–Crippen LogP) is -0.369. The van der Waals surface area contributed by atoms with Gasteiger partial charge < -0.3 is 21.1 Å². The molecule has 0 unspecified atom stereocenters. The van der Waals surface area contributed by atoms with E-state index < -0.39 is 49.6 Å². The molecule has 7 nitrogen and oxygen atoms in total. The maximum Gasteiger partial charge on any atom is 0.405 e. The van der Waals surface area contributed by atoms with Gasteiger partial charge in [-0.05, 0) is 5.56 Å². The largest absolute Gasteiger partial charge is 0.405 e. The Morgan fingerprint density at radius 1 is 1.04 bits per heavy atom. The number of aliphatic hydroxyl groups excluding tert-OH is 1. The highest BCUT2D eigenvalue weighted by atomic mass is 19.4. The third-order valence-corrected chi connectivity index (χ3v) is 2.75. The molecule has 0 saturated carbocycles. The first kappa shape index (κ1) is 19.4. The fraction of sp³-hybridized carbons (Fsp3) is 0.357. The van der Waals surface area contributed by atoms with E-state index in [2.05, 4.69) is 10.6 Å². The summed E-state index contributed by atoms with van der Waals surface area (Å²) in [6.45, 7) is -3.04. The van der Waals surface area contributed by atoms with Crippen LogP contribution < -0.4 is 16.0 Å². The van der Waals surface area contributed by atoms with Gasteiger partial charge >= 0.3 is 6.18 Å². The average Bonchev–Trinajstić information content (AvgIpc) is 2.55. The van der Waals surface area contributed by atoms with Crippen LogP contribution in [0.4, 0.5) is 13.2 Å². The zero-order chi connectivity index (χ0) is 18.2. The summed E-state index contributed by atoms with van der Waals surface area (Å²) in [5.41, 5.74) is 0.382. The van der Waals surface area contributed by atoms with Crippen LogP contribution >= 0.6 is 0 Å². The van der Waals surface area contributed by atoms with Crippen molar-refractivity contribution in [2.45, 2.75) is 12.2 Å². The summed E-state index contributed by atoms with van der Waals surface area (Å²) in [7, 11) is 0. The van der Waals surface area contributed by atoms with E-state index in [9.17, 15) is 27.6 Å². The van der Waals surface area contributed by atoms with Crippen LogP contribution in [-0.2, 0) is 14.4 Å². The number of hydrogen-bond donors (Lipinski definition) is 4. The Bertz CT molecular complexity index is 578. The van der Waals surface area contributed by atoms with Crippen molar-refractivity contribution in [3.05, 3.63) is 35.9 Å². The second kappa shape index (κ2) is 8.87. The number of carbonyl (C=O) groups excluding carboxylic acids is 3. The smallest absolute Gasteiger partial charge is 0.387 e. The van der Waals surface area contributed by atoms with Crippen LogP contribution in [-0.4, -0.2) is 48.7 Å².